The fourth-order valence-corrected chi connectivity index (χ4v) is 3.90. The molecule has 4 N–H and O–H groups in total. The number of carbonyl (C=O) groups excluding carboxylic acids is 1. The minimum absolute atomic E-state index is 0.529. The molecule has 0 bridgehead atoms. The lowest BCUT2D eigenvalue weighted by Gasteiger charge is -2.10. The van der Waals surface area contributed by atoms with Gasteiger partial charge in [0.05, 0.1) is 0 Å². The summed E-state index contributed by atoms with van der Waals surface area (Å²) in [6.45, 7) is 1.67. The highest BCUT2D eigenvalue weighted by Gasteiger charge is 2.07. The van der Waals surface area contributed by atoms with Crippen molar-refractivity contribution in [3.63, 3.8) is 0 Å². The van der Waals surface area contributed by atoms with Gasteiger partial charge in [-0.2, -0.15) is 0 Å². The summed E-state index contributed by atoms with van der Waals surface area (Å²) in [7, 11) is 0. The average Bonchev–Trinajstić information content (AvgIpc) is 3.32. The van der Waals surface area contributed by atoms with Gasteiger partial charge in [0.1, 0.15) is 0 Å². The fraction of sp³-hybridized carbons (Fsp3) is 0.148. The van der Waals surface area contributed by atoms with Gasteiger partial charge in [-0.25, -0.2) is 5.48 Å². The summed E-state index contributed by atoms with van der Waals surface area (Å²) in [4.78, 5) is 15.0. The van der Waals surface area contributed by atoms with Gasteiger partial charge in [0.15, 0.2) is 0 Å². The van der Waals surface area contributed by atoms with E-state index in [9.17, 15) is 4.79 Å². The number of nitrogens with one attached hydrogen (secondary N) is 3. The summed E-state index contributed by atoms with van der Waals surface area (Å²) in [6.07, 6.45) is 5.00. The van der Waals surface area contributed by atoms with Crippen molar-refractivity contribution in [3.8, 4) is 0 Å². The molecule has 162 valence electrons. The van der Waals surface area contributed by atoms with Crippen LogP contribution in [0.4, 0.5) is 0 Å². The van der Waals surface area contributed by atoms with Crippen LogP contribution in [-0.2, 0) is 24.2 Å². The van der Waals surface area contributed by atoms with E-state index >= 15 is 0 Å². The van der Waals surface area contributed by atoms with Crippen molar-refractivity contribution >= 4 is 22.4 Å². The maximum absolute atomic E-state index is 11.8. The van der Waals surface area contributed by atoms with Gasteiger partial charge in [-0.1, -0.05) is 66.7 Å². The van der Waals surface area contributed by atoms with Crippen molar-refractivity contribution in [1.82, 2.24) is 15.8 Å². The first-order valence-electron chi connectivity index (χ1n) is 10.8. The molecule has 0 radical (unpaired) electrons. The molecule has 5 heteroatoms. The Labute approximate surface area is 187 Å². The molecule has 0 atom stereocenters. The van der Waals surface area contributed by atoms with E-state index in [1.165, 1.54) is 28.1 Å². The Morgan fingerprint density at radius 3 is 2.50 bits per heavy atom. The molecule has 0 spiro atoms. The van der Waals surface area contributed by atoms with Crippen LogP contribution in [0.5, 0.6) is 0 Å². The molecule has 0 aliphatic heterocycles. The second kappa shape index (κ2) is 10.6. The number of hydrogen-bond acceptors (Lipinski definition) is 3. The molecule has 0 fully saturated rings. The number of H-pyrrole nitrogens is 1. The average molecular weight is 426 g/mol. The number of amides is 1. The molecule has 0 aliphatic carbocycles. The van der Waals surface area contributed by atoms with Crippen LogP contribution in [0.3, 0.4) is 0 Å². The molecule has 1 heterocycles. The van der Waals surface area contributed by atoms with Crippen LogP contribution in [-0.4, -0.2) is 22.6 Å². The van der Waals surface area contributed by atoms with Gasteiger partial charge in [-0.05, 0) is 59.3 Å². The van der Waals surface area contributed by atoms with E-state index in [0.717, 1.165) is 36.2 Å². The van der Waals surface area contributed by atoms with Crippen LogP contribution in [0, 0.1) is 0 Å². The molecule has 0 saturated carbocycles. The number of carbonyl (C=O) groups is 1. The Morgan fingerprint density at radius 2 is 1.72 bits per heavy atom. The predicted molar refractivity (Wildman–Crippen MR) is 128 cm³/mol. The van der Waals surface area contributed by atoms with Gasteiger partial charge in [0.25, 0.3) is 5.91 Å². The highest BCUT2D eigenvalue weighted by molar-refractivity contribution is 5.94. The minimum Gasteiger partial charge on any atom is -0.361 e. The zero-order chi connectivity index (χ0) is 22.2. The number of aromatic amines is 1. The number of fused-ring (bicyclic) bond motifs is 1. The number of aromatic nitrogens is 1. The molecule has 3 aromatic carbocycles. The normalized spacial score (nSPS) is 11.6. The Hall–Kier alpha value is -3.67. The largest absolute Gasteiger partial charge is 0.361 e. The molecule has 0 aliphatic rings. The van der Waals surface area contributed by atoms with E-state index in [1.54, 1.807) is 5.48 Å². The van der Waals surface area contributed by atoms with Gasteiger partial charge in [-0.15, -0.1) is 0 Å². The Balaban J connectivity index is 1.37. The highest BCUT2D eigenvalue weighted by atomic mass is 16.5. The molecule has 1 aromatic heterocycles. The number of hydroxylamine groups is 1. The molecule has 4 aromatic rings. The summed E-state index contributed by atoms with van der Waals surface area (Å²) < 4.78 is 0. The van der Waals surface area contributed by atoms with Crippen LogP contribution >= 0.6 is 0 Å². The number of hydrogen-bond donors (Lipinski definition) is 4. The molecule has 1 amide bonds. The Bertz CT molecular complexity index is 1190. The first-order chi connectivity index (χ1) is 15.7. The van der Waals surface area contributed by atoms with E-state index in [1.807, 2.05) is 48.7 Å². The predicted octanol–water partition coefficient (Wildman–Crippen LogP) is 4.63. The second-order valence-electron chi connectivity index (χ2n) is 7.79. The zero-order valence-corrected chi connectivity index (χ0v) is 17.8. The molecule has 32 heavy (non-hydrogen) atoms. The van der Waals surface area contributed by atoms with Gasteiger partial charge in [0, 0.05) is 29.7 Å². The van der Waals surface area contributed by atoms with Crippen LogP contribution in [0.1, 0.15) is 22.3 Å². The summed E-state index contributed by atoms with van der Waals surface area (Å²) in [5.74, 6) is -0.529. The van der Waals surface area contributed by atoms with Crippen molar-refractivity contribution in [2.75, 3.05) is 6.54 Å². The SMILES string of the molecule is O=C(/C=C(\Cc1ccccc1)c1ccc(CNCCc2cccc3[nH]ccc23)cc1)NO. The summed E-state index contributed by atoms with van der Waals surface area (Å²) >= 11 is 0. The molecule has 5 nitrogen and oxygen atoms in total. The van der Waals surface area contributed by atoms with Crippen LogP contribution in [0.25, 0.3) is 16.5 Å². The van der Waals surface area contributed by atoms with E-state index in [4.69, 9.17) is 5.21 Å². The third kappa shape index (κ3) is 5.52. The van der Waals surface area contributed by atoms with Crippen LogP contribution in [0.15, 0.2) is 91.1 Å². The lowest BCUT2D eigenvalue weighted by molar-refractivity contribution is -0.124. The number of benzene rings is 3. The maximum atomic E-state index is 11.8. The smallest absolute Gasteiger partial charge is 0.267 e. The summed E-state index contributed by atoms with van der Waals surface area (Å²) in [5.41, 5.74) is 8.29. The highest BCUT2D eigenvalue weighted by Crippen LogP contribution is 2.21. The van der Waals surface area contributed by atoms with Crippen LogP contribution in [0.2, 0.25) is 0 Å². The van der Waals surface area contributed by atoms with Crippen molar-refractivity contribution < 1.29 is 10.0 Å². The van der Waals surface area contributed by atoms with E-state index < -0.39 is 5.91 Å². The third-order valence-electron chi connectivity index (χ3n) is 5.56. The Kier molecular flexibility index (Phi) is 7.12. The van der Waals surface area contributed by atoms with Crippen LogP contribution < -0.4 is 10.8 Å². The molecular formula is C27H27N3O2. The molecular weight excluding hydrogens is 398 g/mol. The van der Waals surface area contributed by atoms with Crippen molar-refractivity contribution in [2.24, 2.45) is 0 Å². The first kappa shape index (κ1) is 21.6. The van der Waals surface area contributed by atoms with E-state index in [2.05, 4.69) is 46.7 Å². The van der Waals surface area contributed by atoms with Gasteiger partial charge in [-0.3, -0.25) is 10.0 Å². The van der Waals surface area contributed by atoms with Crippen molar-refractivity contribution in [3.05, 3.63) is 113 Å². The zero-order valence-electron chi connectivity index (χ0n) is 17.8. The Morgan fingerprint density at radius 1 is 0.906 bits per heavy atom. The number of allylic oxidation sites excluding steroid dienone is 1. The standard InChI is InChI=1S/C27H27N3O2/c31-27(30-32)18-24(17-20-5-2-1-3-6-20)22-11-9-21(10-12-22)19-28-15-13-23-7-4-8-26-25(23)14-16-29-26/h1-12,14,16,18,28-29,32H,13,15,17,19H2,(H,30,31)/b24-18+. The monoisotopic (exact) mass is 425 g/mol. The third-order valence-corrected chi connectivity index (χ3v) is 5.56. The fourth-order valence-electron chi connectivity index (χ4n) is 3.90. The summed E-state index contributed by atoms with van der Waals surface area (Å²) in [5, 5.41) is 13.7. The molecule has 0 saturated heterocycles. The topological polar surface area (TPSA) is 77.2 Å². The quantitative estimate of drug-likeness (QED) is 0.137. The van der Waals surface area contributed by atoms with E-state index in [-0.39, 0.29) is 0 Å². The molecule has 0 unspecified atom stereocenters. The van der Waals surface area contributed by atoms with Crippen molar-refractivity contribution in [2.45, 2.75) is 19.4 Å². The van der Waals surface area contributed by atoms with E-state index in [0.29, 0.717) is 6.42 Å². The second-order valence-corrected chi connectivity index (χ2v) is 7.79. The lowest BCUT2D eigenvalue weighted by Crippen LogP contribution is -2.17. The summed E-state index contributed by atoms with van der Waals surface area (Å²) in [6, 6.07) is 26.7. The molecule has 4 rings (SSSR count). The van der Waals surface area contributed by atoms with Gasteiger partial charge in [0.2, 0.25) is 0 Å². The van der Waals surface area contributed by atoms with Gasteiger partial charge >= 0.3 is 0 Å². The lowest BCUT2D eigenvalue weighted by atomic mass is 9.96. The van der Waals surface area contributed by atoms with Crippen molar-refractivity contribution in [1.29, 1.82) is 0 Å². The maximum Gasteiger partial charge on any atom is 0.267 e. The first-order valence-corrected chi connectivity index (χ1v) is 10.8. The minimum atomic E-state index is -0.529. The number of rotatable bonds is 9. The van der Waals surface area contributed by atoms with Gasteiger partial charge < -0.3 is 10.3 Å².